The van der Waals surface area contributed by atoms with Crippen molar-refractivity contribution in [2.24, 2.45) is 0 Å². The van der Waals surface area contributed by atoms with Crippen molar-refractivity contribution in [3.63, 3.8) is 0 Å². The second-order valence-electron chi connectivity index (χ2n) is 11.7. The number of carboxylic acids is 1. The summed E-state index contributed by atoms with van der Waals surface area (Å²) < 4.78 is 1.48. The predicted molar refractivity (Wildman–Crippen MR) is 165 cm³/mol. The number of hydrogen-bond donors (Lipinski definition) is 3. The van der Waals surface area contributed by atoms with Crippen molar-refractivity contribution in [1.29, 1.82) is 0 Å². The minimum absolute atomic E-state index is 0.0520. The van der Waals surface area contributed by atoms with Crippen LogP contribution in [-0.2, 0) is 9.59 Å². The van der Waals surface area contributed by atoms with E-state index in [0.717, 1.165) is 50.5 Å². The van der Waals surface area contributed by atoms with E-state index in [-0.39, 0.29) is 18.7 Å². The van der Waals surface area contributed by atoms with Gasteiger partial charge in [-0.05, 0) is 6.07 Å². The van der Waals surface area contributed by atoms with Crippen LogP contribution in [0.5, 0.6) is 0 Å². The van der Waals surface area contributed by atoms with E-state index in [2.05, 4.69) is 72.2 Å². The molecule has 0 aliphatic carbocycles. The van der Waals surface area contributed by atoms with E-state index in [1.165, 1.54) is 3.58 Å². The third-order valence-electron chi connectivity index (χ3n) is 7.77. The fourth-order valence-electron chi connectivity index (χ4n) is 5.34. The van der Waals surface area contributed by atoms with Crippen LogP contribution in [0.15, 0.2) is 60.7 Å². The zero-order valence-electron chi connectivity index (χ0n) is 23.6. The molecule has 6 rings (SSSR count). The normalized spacial score (nSPS) is 14.2. The Balaban J connectivity index is 1.19. The number of rotatable bonds is 7. The number of carboxylic acid groups (broad SMARTS) is 1. The molecule has 1 aliphatic heterocycles. The number of nitrogens with zero attached hydrogens (tertiary/aromatic N) is 4. The zero-order valence-corrected chi connectivity index (χ0v) is 26.4. The first-order valence-corrected chi connectivity index (χ1v) is 24.0. The van der Waals surface area contributed by atoms with E-state index in [4.69, 9.17) is 15.1 Å². The number of carbonyl (C=O) groups excluding carboxylic acids is 1. The summed E-state index contributed by atoms with van der Waals surface area (Å²) in [5.41, 5.74) is 6.91. The number of anilines is 1. The molecule has 1 amide bonds. The van der Waals surface area contributed by atoms with Crippen molar-refractivity contribution < 1.29 is 14.7 Å². The Hall–Kier alpha value is -3.86. The number of carbonyl (C=O) groups is 2. The first-order valence-electron chi connectivity index (χ1n) is 14.0. The van der Waals surface area contributed by atoms with Gasteiger partial charge < -0.3 is 14.9 Å². The predicted octanol–water partition coefficient (Wildman–Crippen LogP) is 4.83. The monoisotopic (exact) mass is 658 g/mol. The molecule has 0 bridgehead atoms. The molecule has 0 unspecified atom stereocenters. The first kappa shape index (κ1) is 27.3. The van der Waals surface area contributed by atoms with Gasteiger partial charge >= 0.3 is 162 Å². The number of hydrogen-bond acceptors (Lipinski definition) is 5. The van der Waals surface area contributed by atoms with Crippen LogP contribution in [0.2, 0.25) is 14.8 Å². The standard InChI is InChI=1S/C28H25N6O3.3CH3.Sn/c35-25(10-11-26(36)37)34-14-12-33(13-15-34)20-7-9-22-24(17-20)32-28(30-22)19-6-8-21-23(16-19)31-27(29-21)18-4-2-1-3-5-18;;;;/h1-2,4-9,16-17H,10-15H2,(H,29,31)(H,30,32)(H,36,37);3*1H3;. The molecule has 0 saturated carbocycles. The molecule has 3 N–H and O–H groups in total. The van der Waals surface area contributed by atoms with Gasteiger partial charge in [0.2, 0.25) is 5.91 Å². The number of fused-ring (bicyclic) bond motifs is 2. The van der Waals surface area contributed by atoms with Crippen LogP contribution in [-0.4, -0.2) is 86.4 Å². The third kappa shape index (κ3) is 5.81. The van der Waals surface area contributed by atoms with Gasteiger partial charge in [0, 0.05) is 38.3 Å². The number of nitrogens with one attached hydrogen (secondary N) is 2. The van der Waals surface area contributed by atoms with Crippen molar-refractivity contribution in [3.05, 3.63) is 60.7 Å². The van der Waals surface area contributed by atoms with E-state index < -0.39 is 24.3 Å². The van der Waals surface area contributed by atoms with Crippen LogP contribution in [0.4, 0.5) is 5.69 Å². The van der Waals surface area contributed by atoms with Crippen molar-refractivity contribution >= 4 is 61.6 Å². The second-order valence-corrected chi connectivity index (χ2v) is 26.2. The summed E-state index contributed by atoms with van der Waals surface area (Å²) in [7, 11) is 0. The number of imidazole rings is 2. The van der Waals surface area contributed by atoms with Gasteiger partial charge in [-0.2, -0.15) is 0 Å². The van der Waals surface area contributed by atoms with E-state index in [1.807, 2.05) is 18.2 Å². The van der Waals surface area contributed by atoms with Gasteiger partial charge in [-0.3, -0.25) is 9.59 Å². The number of piperazine rings is 1. The molecule has 10 heteroatoms. The van der Waals surface area contributed by atoms with Crippen molar-refractivity contribution in [2.45, 2.75) is 27.7 Å². The SMILES string of the molecule is [CH3][Sn]([CH3])([CH3])[c]1cccc(-c2nc3ccc(-c4nc5ccc(N6CCN(C(=O)CCC(=O)O)CC6)cc5[nH]4)cc3[nH]2)c1. The number of aromatic amines is 2. The molecule has 2 aromatic heterocycles. The summed E-state index contributed by atoms with van der Waals surface area (Å²) in [5.74, 6) is 0.644. The molecule has 41 heavy (non-hydrogen) atoms. The summed E-state index contributed by atoms with van der Waals surface area (Å²) >= 11 is -2.19. The molecule has 210 valence electrons. The maximum absolute atomic E-state index is 12.3. The van der Waals surface area contributed by atoms with Gasteiger partial charge in [-0.1, -0.05) is 0 Å². The number of aliphatic carboxylic acids is 1. The maximum atomic E-state index is 12.3. The van der Waals surface area contributed by atoms with Gasteiger partial charge in [0.15, 0.2) is 0 Å². The Labute approximate surface area is 242 Å². The molecule has 1 fully saturated rings. The summed E-state index contributed by atoms with van der Waals surface area (Å²) in [6.45, 7) is 2.57. The summed E-state index contributed by atoms with van der Waals surface area (Å²) in [6.07, 6.45) is -0.0735. The Bertz CT molecular complexity index is 1760. The minimum atomic E-state index is -2.19. The molecule has 5 aromatic rings. The van der Waals surface area contributed by atoms with Gasteiger partial charge in [0.1, 0.15) is 0 Å². The molecule has 3 aromatic carbocycles. The molecule has 1 aliphatic rings. The average Bonchev–Trinajstić information content (AvgIpc) is 3.59. The zero-order chi connectivity index (χ0) is 28.7. The summed E-state index contributed by atoms with van der Waals surface area (Å²) in [5, 5.41) is 8.84. The van der Waals surface area contributed by atoms with Gasteiger partial charge in [0.05, 0.1) is 6.42 Å². The Kier molecular flexibility index (Phi) is 7.23. The van der Waals surface area contributed by atoms with Crippen molar-refractivity contribution in [1.82, 2.24) is 24.8 Å². The fourth-order valence-corrected chi connectivity index (χ4v) is 8.73. The van der Waals surface area contributed by atoms with Gasteiger partial charge in [0.25, 0.3) is 0 Å². The molecular weight excluding hydrogens is 623 g/mol. The van der Waals surface area contributed by atoms with Crippen LogP contribution in [0.25, 0.3) is 44.8 Å². The topological polar surface area (TPSA) is 118 Å². The molecule has 0 radical (unpaired) electrons. The van der Waals surface area contributed by atoms with E-state index >= 15 is 0 Å². The third-order valence-corrected chi connectivity index (χ3v) is 13.6. The number of benzene rings is 3. The molecule has 0 atom stereocenters. The number of amides is 1. The molecule has 9 nitrogen and oxygen atoms in total. The second kappa shape index (κ2) is 10.8. The van der Waals surface area contributed by atoms with Gasteiger partial charge in [-0.25, -0.2) is 0 Å². The van der Waals surface area contributed by atoms with Crippen LogP contribution >= 0.6 is 0 Å². The van der Waals surface area contributed by atoms with E-state index in [9.17, 15) is 9.59 Å². The summed E-state index contributed by atoms with van der Waals surface area (Å²) in [4.78, 5) is 51.1. The van der Waals surface area contributed by atoms with E-state index in [0.29, 0.717) is 26.2 Å². The molecular formula is C31H34N6O3Sn. The molecule has 3 heterocycles. The Morgan fingerprint density at radius 3 is 2.10 bits per heavy atom. The van der Waals surface area contributed by atoms with Crippen LogP contribution < -0.4 is 8.48 Å². The first-order chi connectivity index (χ1) is 19.6. The van der Waals surface area contributed by atoms with E-state index in [1.54, 1.807) is 4.90 Å². The number of H-pyrrole nitrogens is 2. The van der Waals surface area contributed by atoms with Crippen molar-refractivity contribution in [3.8, 4) is 22.8 Å². The van der Waals surface area contributed by atoms with Crippen LogP contribution in [0.1, 0.15) is 12.8 Å². The number of aromatic nitrogens is 4. The molecule has 1 saturated heterocycles. The Morgan fingerprint density at radius 1 is 0.805 bits per heavy atom. The fraction of sp³-hybridized carbons (Fsp3) is 0.290. The Morgan fingerprint density at radius 2 is 1.44 bits per heavy atom. The van der Waals surface area contributed by atoms with Crippen LogP contribution in [0.3, 0.4) is 0 Å². The van der Waals surface area contributed by atoms with Gasteiger partial charge in [-0.15, -0.1) is 0 Å². The molecule has 0 spiro atoms. The average molecular weight is 657 g/mol. The van der Waals surface area contributed by atoms with Crippen molar-refractivity contribution in [2.75, 3.05) is 31.1 Å². The summed E-state index contributed by atoms with van der Waals surface area (Å²) in [6, 6.07) is 21.2. The quantitative estimate of drug-likeness (QED) is 0.216. The van der Waals surface area contributed by atoms with Crippen LogP contribution in [0, 0.1) is 0 Å².